The van der Waals surface area contributed by atoms with Crippen LogP contribution in [-0.2, 0) is 0 Å². The smallest absolute Gasteiger partial charge is 0.321 e. The Morgan fingerprint density at radius 1 is 1.44 bits per heavy atom. The van der Waals surface area contributed by atoms with E-state index in [0.717, 1.165) is 5.84 Å². The van der Waals surface area contributed by atoms with Crippen LogP contribution in [0.1, 0.15) is 19.8 Å². The van der Waals surface area contributed by atoms with Crippen LogP contribution in [0.15, 0.2) is 16.6 Å². The molecule has 0 bridgehead atoms. The Kier molecular flexibility index (Phi) is 3.65. The van der Waals surface area contributed by atoms with Crippen LogP contribution in [0.2, 0.25) is 0 Å². The van der Waals surface area contributed by atoms with E-state index in [2.05, 4.69) is 18.0 Å². The number of amides is 2. The van der Waals surface area contributed by atoms with E-state index in [1.807, 2.05) is 4.90 Å². The summed E-state index contributed by atoms with van der Waals surface area (Å²) in [5, 5.41) is 0.447. The van der Waals surface area contributed by atoms with E-state index in [9.17, 15) is 4.79 Å². The predicted octanol–water partition coefficient (Wildman–Crippen LogP) is 1.35. The fraction of sp³-hybridized carbons (Fsp3) is 0.583. The van der Waals surface area contributed by atoms with Gasteiger partial charge in [-0.05, 0) is 44.0 Å². The van der Waals surface area contributed by atoms with Gasteiger partial charge in [0.05, 0.1) is 0 Å². The zero-order valence-corrected chi connectivity index (χ0v) is 11.5. The third kappa shape index (κ3) is 2.53. The highest BCUT2D eigenvalue weighted by Crippen LogP contribution is 2.36. The number of rotatable bonds is 2. The predicted molar refractivity (Wildman–Crippen MR) is 75.4 cm³/mol. The lowest BCUT2D eigenvalue weighted by atomic mass is 10.2. The molecule has 1 aliphatic carbocycles. The van der Waals surface area contributed by atoms with Gasteiger partial charge in [0.15, 0.2) is 5.11 Å². The number of allylic oxidation sites excluding steroid dienone is 1. The molecule has 2 N–H and O–H groups in total. The molecule has 0 atom stereocenters. The van der Waals surface area contributed by atoms with Crippen molar-refractivity contribution in [2.45, 2.75) is 19.8 Å². The van der Waals surface area contributed by atoms with E-state index in [1.54, 1.807) is 7.05 Å². The second kappa shape index (κ2) is 5.06. The van der Waals surface area contributed by atoms with Gasteiger partial charge < -0.3 is 10.6 Å². The molecule has 0 aromatic heterocycles. The van der Waals surface area contributed by atoms with Crippen LogP contribution in [0.25, 0.3) is 0 Å². The lowest BCUT2D eigenvalue weighted by molar-refractivity contribution is 0.233. The monoisotopic (exact) mass is 266 g/mol. The van der Waals surface area contributed by atoms with E-state index in [-0.39, 0.29) is 0 Å². The van der Waals surface area contributed by atoms with Gasteiger partial charge in [0, 0.05) is 20.1 Å². The normalized spacial score (nSPS) is 21.8. The van der Waals surface area contributed by atoms with Crippen molar-refractivity contribution in [1.29, 1.82) is 0 Å². The van der Waals surface area contributed by atoms with Crippen molar-refractivity contribution in [3.63, 3.8) is 0 Å². The summed E-state index contributed by atoms with van der Waals surface area (Å²) in [5.41, 5.74) is 6.60. The highest BCUT2D eigenvalue weighted by Gasteiger charge is 2.31. The molecule has 1 saturated carbocycles. The van der Waals surface area contributed by atoms with Gasteiger partial charge in [0.25, 0.3) is 0 Å². The zero-order chi connectivity index (χ0) is 13.3. The van der Waals surface area contributed by atoms with E-state index in [1.165, 1.54) is 23.3 Å². The molecule has 0 radical (unpaired) electrons. The molecule has 2 fully saturated rings. The van der Waals surface area contributed by atoms with Crippen molar-refractivity contribution in [3.8, 4) is 0 Å². The average Bonchev–Trinajstić information content (AvgIpc) is 3.10. The molecule has 0 unspecified atom stereocenters. The number of hydrogen-bond donors (Lipinski definition) is 1. The summed E-state index contributed by atoms with van der Waals surface area (Å²) in [5.74, 6) is 1.51. The SMILES string of the molecule is C/N=C(\C=C(\C)C1CC1)N1CCN(C(N)=O)C1=S. The minimum atomic E-state index is -0.499. The van der Waals surface area contributed by atoms with Gasteiger partial charge in [0.2, 0.25) is 0 Å². The van der Waals surface area contributed by atoms with Crippen LogP contribution < -0.4 is 5.73 Å². The Bertz CT molecular complexity index is 439. The van der Waals surface area contributed by atoms with Crippen molar-refractivity contribution >= 4 is 29.2 Å². The molecule has 1 heterocycles. The largest absolute Gasteiger partial charge is 0.351 e. The quantitative estimate of drug-likeness (QED) is 0.466. The second-order valence-corrected chi connectivity index (χ2v) is 5.03. The van der Waals surface area contributed by atoms with Crippen molar-refractivity contribution in [1.82, 2.24) is 9.80 Å². The van der Waals surface area contributed by atoms with E-state index >= 15 is 0 Å². The van der Waals surface area contributed by atoms with E-state index in [4.69, 9.17) is 18.0 Å². The van der Waals surface area contributed by atoms with Crippen LogP contribution in [-0.4, -0.2) is 46.9 Å². The first kappa shape index (κ1) is 13.0. The molecule has 18 heavy (non-hydrogen) atoms. The number of carbonyl (C=O) groups is 1. The molecule has 0 aromatic carbocycles. The number of aliphatic imine (C=N–C) groups is 1. The summed E-state index contributed by atoms with van der Waals surface area (Å²) >= 11 is 5.26. The number of nitrogens with two attached hydrogens (primary N) is 1. The molecule has 0 aromatic rings. The average molecular weight is 266 g/mol. The van der Waals surface area contributed by atoms with Gasteiger partial charge in [-0.3, -0.25) is 9.89 Å². The molecule has 2 rings (SSSR count). The number of nitrogens with zero attached hydrogens (tertiary/aromatic N) is 3. The summed E-state index contributed by atoms with van der Waals surface area (Å²) in [6.45, 7) is 3.31. The standard InChI is InChI=1S/C12H18N4OS/c1-8(9-3-4-9)7-10(14-2)15-5-6-16(11(13)17)12(15)18/h7,9H,3-6H2,1-2H3,(H2,13,17)/b8-7-,14-10+. The number of primary amides is 1. The Morgan fingerprint density at radius 2 is 2.06 bits per heavy atom. The maximum Gasteiger partial charge on any atom is 0.321 e. The zero-order valence-electron chi connectivity index (χ0n) is 10.7. The van der Waals surface area contributed by atoms with Gasteiger partial charge >= 0.3 is 6.03 Å². The molecule has 6 heteroatoms. The Morgan fingerprint density at radius 3 is 2.50 bits per heavy atom. The highest BCUT2D eigenvalue weighted by molar-refractivity contribution is 7.80. The molecule has 1 aliphatic heterocycles. The molecule has 0 spiro atoms. The van der Waals surface area contributed by atoms with Crippen LogP contribution >= 0.6 is 12.2 Å². The lowest BCUT2D eigenvalue weighted by Crippen LogP contribution is -2.41. The summed E-state index contributed by atoms with van der Waals surface area (Å²) in [7, 11) is 1.74. The molecule has 1 saturated heterocycles. The number of thiocarbonyl (C=S) groups is 1. The maximum atomic E-state index is 11.2. The molecular weight excluding hydrogens is 248 g/mol. The fourth-order valence-electron chi connectivity index (χ4n) is 2.08. The third-order valence-electron chi connectivity index (χ3n) is 3.36. The topological polar surface area (TPSA) is 61.9 Å². The number of urea groups is 1. The molecule has 2 amide bonds. The van der Waals surface area contributed by atoms with Gasteiger partial charge in [-0.25, -0.2) is 4.79 Å². The van der Waals surface area contributed by atoms with Crippen LogP contribution in [0.5, 0.6) is 0 Å². The van der Waals surface area contributed by atoms with Crippen molar-refractivity contribution in [3.05, 3.63) is 11.6 Å². The van der Waals surface area contributed by atoms with Crippen LogP contribution in [0, 0.1) is 5.92 Å². The van der Waals surface area contributed by atoms with Crippen molar-refractivity contribution in [2.75, 3.05) is 20.1 Å². The van der Waals surface area contributed by atoms with Gasteiger partial charge in [-0.2, -0.15) is 0 Å². The minimum absolute atomic E-state index is 0.447. The van der Waals surface area contributed by atoms with Gasteiger partial charge in [-0.15, -0.1) is 0 Å². The maximum absolute atomic E-state index is 11.2. The Hall–Kier alpha value is -1.43. The van der Waals surface area contributed by atoms with Gasteiger partial charge in [0.1, 0.15) is 5.84 Å². The molecule has 2 aliphatic rings. The second-order valence-electron chi connectivity index (χ2n) is 4.67. The molecular formula is C12H18N4OS. The summed E-state index contributed by atoms with van der Waals surface area (Å²) < 4.78 is 0. The Labute approximate surface area is 112 Å². The molecule has 98 valence electrons. The first-order valence-corrected chi connectivity index (χ1v) is 6.49. The molecule has 5 nitrogen and oxygen atoms in total. The fourth-order valence-corrected chi connectivity index (χ4v) is 2.44. The van der Waals surface area contributed by atoms with E-state index < -0.39 is 6.03 Å². The Balaban J connectivity index is 2.12. The lowest BCUT2D eigenvalue weighted by Gasteiger charge is -2.19. The minimum Gasteiger partial charge on any atom is -0.351 e. The number of amidine groups is 1. The van der Waals surface area contributed by atoms with Crippen molar-refractivity contribution < 1.29 is 4.79 Å². The van der Waals surface area contributed by atoms with Crippen LogP contribution in [0.3, 0.4) is 0 Å². The number of hydrogen-bond acceptors (Lipinski definition) is 3. The highest BCUT2D eigenvalue weighted by atomic mass is 32.1. The summed E-state index contributed by atoms with van der Waals surface area (Å²) in [6.07, 6.45) is 4.59. The van der Waals surface area contributed by atoms with E-state index in [0.29, 0.717) is 24.1 Å². The van der Waals surface area contributed by atoms with Crippen molar-refractivity contribution in [2.24, 2.45) is 16.6 Å². The third-order valence-corrected chi connectivity index (χ3v) is 3.80. The first-order chi connectivity index (χ1) is 8.54. The first-order valence-electron chi connectivity index (χ1n) is 6.08. The van der Waals surface area contributed by atoms with Crippen LogP contribution in [0.4, 0.5) is 4.79 Å². The summed E-state index contributed by atoms with van der Waals surface area (Å²) in [4.78, 5) is 18.7. The summed E-state index contributed by atoms with van der Waals surface area (Å²) in [6, 6.07) is -0.499. The van der Waals surface area contributed by atoms with Gasteiger partial charge in [-0.1, -0.05) is 5.57 Å². The number of carbonyl (C=O) groups excluding carboxylic acids is 1.